The molecule has 0 bridgehead atoms. The predicted octanol–water partition coefficient (Wildman–Crippen LogP) is 0.204. The number of carbonyl (C=O) groups is 1. The number of rotatable bonds is 2. The second-order valence-electron chi connectivity index (χ2n) is 4.12. The maximum atomic E-state index is 10.5. The zero-order chi connectivity index (χ0) is 13.1. The second-order valence-corrected chi connectivity index (χ2v) is 4.12. The van der Waals surface area contributed by atoms with Crippen LogP contribution in [-0.2, 0) is 0 Å². The normalized spacial score (nSPS) is 9.90. The maximum Gasteiger partial charge on any atom is 0.332 e. The van der Waals surface area contributed by atoms with E-state index in [1.54, 1.807) is 0 Å². The topological polar surface area (TPSA) is 143 Å². The molecule has 0 unspecified atom stereocenters. The highest BCUT2D eigenvalue weighted by atomic mass is 16.2. The van der Waals surface area contributed by atoms with Crippen LogP contribution in [0.15, 0.2) is 29.4 Å². The lowest BCUT2D eigenvalue weighted by molar-refractivity contribution is 0.249. The second kappa shape index (κ2) is 7.17. The molecule has 0 atom stereocenters. The van der Waals surface area contributed by atoms with Crippen LogP contribution in [0.1, 0.15) is 16.8 Å². The van der Waals surface area contributed by atoms with Gasteiger partial charge in [0.15, 0.2) is 0 Å². The van der Waals surface area contributed by atoms with Gasteiger partial charge in [-0.25, -0.2) is 15.2 Å². The van der Waals surface area contributed by atoms with Gasteiger partial charge in [-0.3, -0.25) is 0 Å². The Bertz CT molecular complexity index is 641. The van der Waals surface area contributed by atoms with Crippen LogP contribution >= 0.6 is 0 Å². The largest absolute Gasteiger partial charge is 0.412 e. The molecule has 2 amide bonds. The fourth-order valence-corrected chi connectivity index (χ4v) is 1.77. The van der Waals surface area contributed by atoms with Crippen LogP contribution in [0.25, 0.3) is 10.9 Å². The number of nitrogens with zero attached hydrogens (tertiary/aromatic N) is 2. The summed E-state index contributed by atoms with van der Waals surface area (Å²) >= 11 is 0. The molecule has 20 heavy (non-hydrogen) atoms. The molecule has 0 fully saturated rings. The molecule has 0 spiro atoms. The number of nitrogens with one attached hydrogen (secondary N) is 1. The van der Waals surface area contributed by atoms with E-state index in [4.69, 9.17) is 5.73 Å². The summed E-state index contributed by atoms with van der Waals surface area (Å²) in [5.74, 6) is 0. The molecule has 0 saturated carbocycles. The van der Waals surface area contributed by atoms with Crippen LogP contribution < -0.4 is 11.2 Å². The van der Waals surface area contributed by atoms with Crippen molar-refractivity contribution in [3.63, 3.8) is 0 Å². The molecule has 0 aliphatic carbocycles. The molecule has 0 aliphatic heterocycles. The molecule has 0 saturated heterocycles. The highest BCUT2D eigenvalue weighted by molar-refractivity contribution is 5.88. The number of fused-ring (bicyclic) bond motifs is 1. The van der Waals surface area contributed by atoms with Crippen LogP contribution in [0.2, 0.25) is 0 Å². The van der Waals surface area contributed by atoms with E-state index in [1.807, 2.05) is 26.0 Å². The maximum absolute atomic E-state index is 10.5. The number of carbonyl (C=O) groups excluding carboxylic acids is 1. The lowest BCUT2D eigenvalue weighted by Gasteiger charge is -2.04. The van der Waals surface area contributed by atoms with Crippen molar-refractivity contribution >= 4 is 23.1 Å². The van der Waals surface area contributed by atoms with Gasteiger partial charge in [-0.2, -0.15) is 5.10 Å². The molecule has 1 heterocycles. The van der Waals surface area contributed by atoms with Gasteiger partial charge in [0.25, 0.3) is 0 Å². The average molecular weight is 278 g/mol. The van der Waals surface area contributed by atoms with Gasteiger partial charge in [0, 0.05) is 5.39 Å². The molecular weight excluding hydrogens is 260 g/mol. The molecule has 1 aromatic carbocycles. The summed E-state index contributed by atoms with van der Waals surface area (Å²) in [6.45, 7) is 4.03. The predicted molar refractivity (Wildman–Crippen MR) is 78.8 cm³/mol. The van der Waals surface area contributed by atoms with E-state index in [1.165, 1.54) is 6.21 Å². The summed E-state index contributed by atoms with van der Waals surface area (Å²) in [4.78, 5) is 14.9. The number of urea groups is 1. The highest BCUT2D eigenvalue weighted by Gasteiger charge is 2.01. The first-order valence-electron chi connectivity index (χ1n) is 5.53. The third-order valence-electron chi connectivity index (χ3n) is 2.56. The summed E-state index contributed by atoms with van der Waals surface area (Å²) in [6, 6.07) is 7.33. The number of nitrogens with two attached hydrogens (primary N) is 1. The first kappa shape index (κ1) is 17.5. The molecular formula is C13H18N4O3. The Morgan fingerprint density at radius 1 is 1.30 bits per heavy atom. The number of primary amides is 1. The van der Waals surface area contributed by atoms with E-state index in [-0.39, 0.29) is 11.0 Å². The summed E-state index contributed by atoms with van der Waals surface area (Å²) in [7, 11) is 0. The van der Waals surface area contributed by atoms with Crippen molar-refractivity contribution < 1.29 is 15.7 Å². The molecule has 2 rings (SSSR count). The van der Waals surface area contributed by atoms with Crippen molar-refractivity contribution in [2.45, 2.75) is 13.8 Å². The Kier molecular flexibility index (Phi) is 6.27. The molecule has 2 aromatic rings. The third kappa shape index (κ3) is 4.01. The van der Waals surface area contributed by atoms with Crippen LogP contribution in [0.4, 0.5) is 4.79 Å². The van der Waals surface area contributed by atoms with Crippen LogP contribution in [0.5, 0.6) is 0 Å². The average Bonchev–Trinajstić information content (AvgIpc) is 2.27. The van der Waals surface area contributed by atoms with Crippen LogP contribution in [0, 0.1) is 13.8 Å². The zero-order valence-corrected chi connectivity index (χ0v) is 11.3. The fourth-order valence-electron chi connectivity index (χ4n) is 1.77. The van der Waals surface area contributed by atoms with Gasteiger partial charge in [-0.1, -0.05) is 12.1 Å². The minimum Gasteiger partial charge on any atom is -0.412 e. The Morgan fingerprint density at radius 2 is 2.00 bits per heavy atom. The molecule has 7 heteroatoms. The van der Waals surface area contributed by atoms with Crippen molar-refractivity contribution in [1.29, 1.82) is 0 Å². The first-order chi connectivity index (χ1) is 8.56. The zero-order valence-electron chi connectivity index (χ0n) is 11.3. The van der Waals surface area contributed by atoms with Gasteiger partial charge in [-0.05, 0) is 37.1 Å². The van der Waals surface area contributed by atoms with Gasteiger partial charge in [0.2, 0.25) is 0 Å². The Morgan fingerprint density at radius 3 is 2.65 bits per heavy atom. The van der Waals surface area contributed by atoms with Gasteiger partial charge >= 0.3 is 6.03 Å². The number of hydrogen-bond acceptors (Lipinski definition) is 3. The van der Waals surface area contributed by atoms with Crippen molar-refractivity contribution in [2.24, 2.45) is 10.8 Å². The minimum atomic E-state index is -0.695. The Balaban J connectivity index is 0.00000180. The standard InChI is InChI=1S/C13H14N4O.2H2O/c1-8-3-4-11-9(2)6-10(16-12(11)5-8)7-15-17-13(14)18;;/h3-7H,1-2H3,(H3,14,17,18);2*1H2/b15-7+;;. The molecule has 0 aliphatic rings. The molecule has 0 radical (unpaired) electrons. The summed E-state index contributed by atoms with van der Waals surface area (Å²) < 4.78 is 0. The Labute approximate surface area is 116 Å². The number of hydrogen-bond donors (Lipinski definition) is 2. The smallest absolute Gasteiger partial charge is 0.332 e. The van der Waals surface area contributed by atoms with Crippen molar-refractivity contribution in [1.82, 2.24) is 10.4 Å². The molecule has 108 valence electrons. The number of pyridine rings is 1. The van der Waals surface area contributed by atoms with Gasteiger partial charge < -0.3 is 16.7 Å². The highest BCUT2D eigenvalue weighted by Crippen LogP contribution is 2.18. The lowest BCUT2D eigenvalue weighted by atomic mass is 10.1. The first-order valence-corrected chi connectivity index (χ1v) is 5.53. The van der Waals surface area contributed by atoms with E-state index >= 15 is 0 Å². The summed E-state index contributed by atoms with van der Waals surface area (Å²) in [5, 5.41) is 4.81. The van der Waals surface area contributed by atoms with Gasteiger partial charge in [0.1, 0.15) is 0 Å². The van der Waals surface area contributed by atoms with E-state index in [9.17, 15) is 4.79 Å². The van der Waals surface area contributed by atoms with Crippen molar-refractivity contribution in [3.05, 3.63) is 41.1 Å². The van der Waals surface area contributed by atoms with Gasteiger partial charge in [-0.15, -0.1) is 0 Å². The van der Waals surface area contributed by atoms with Crippen molar-refractivity contribution in [3.8, 4) is 0 Å². The van der Waals surface area contributed by atoms with E-state index in [0.717, 1.165) is 22.0 Å². The minimum absolute atomic E-state index is 0. The van der Waals surface area contributed by atoms with E-state index < -0.39 is 6.03 Å². The number of aromatic nitrogens is 1. The Hall–Kier alpha value is -2.51. The summed E-state index contributed by atoms with van der Waals surface area (Å²) in [5.41, 5.74) is 10.9. The monoisotopic (exact) mass is 278 g/mol. The fraction of sp³-hybridized carbons (Fsp3) is 0.154. The molecule has 7 N–H and O–H groups in total. The van der Waals surface area contributed by atoms with Gasteiger partial charge in [0.05, 0.1) is 17.4 Å². The molecule has 7 nitrogen and oxygen atoms in total. The van der Waals surface area contributed by atoms with Crippen LogP contribution in [-0.4, -0.2) is 28.2 Å². The number of hydrazone groups is 1. The number of aryl methyl sites for hydroxylation is 2. The van der Waals surface area contributed by atoms with Crippen molar-refractivity contribution in [2.75, 3.05) is 0 Å². The van der Waals surface area contributed by atoms with E-state index in [2.05, 4.69) is 27.6 Å². The number of amides is 2. The lowest BCUT2D eigenvalue weighted by Crippen LogP contribution is -2.24. The summed E-state index contributed by atoms with van der Waals surface area (Å²) in [6.07, 6.45) is 1.47. The SMILES string of the molecule is Cc1ccc2c(C)cc(/C=N/NC(N)=O)nc2c1.O.O. The quantitative estimate of drug-likeness (QED) is 0.597. The molecule has 1 aromatic heterocycles. The van der Waals surface area contributed by atoms with Crippen LogP contribution in [0.3, 0.4) is 0 Å². The van der Waals surface area contributed by atoms with E-state index in [0.29, 0.717) is 5.69 Å². The third-order valence-corrected chi connectivity index (χ3v) is 2.56. The number of benzene rings is 1.